The molecule has 0 radical (unpaired) electrons. The summed E-state index contributed by atoms with van der Waals surface area (Å²) in [5.41, 5.74) is 0.830. The third kappa shape index (κ3) is 1.96. The highest BCUT2D eigenvalue weighted by Gasteiger charge is 2.23. The summed E-state index contributed by atoms with van der Waals surface area (Å²) in [7, 11) is 0. The van der Waals surface area contributed by atoms with Crippen LogP contribution in [0.15, 0.2) is 41.5 Å². The summed E-state index contributed by atoms with van der Waals surface area (Å²) < 4.78 is 5.65. The number of hydrogen-bond donors (Lipinski definition) is 0. The van der Waals surface area contributed by atoms with E-state index in [-0.39, 0.29) is 6.04 Å². The normalized spacial score (nSPS) is 19.1. The molecule has 3 rings (SSSR count). The summed E-state index contributed by atoms with van der Waals surface area (Å²) in [4.78, 5) is 9.02. The Kier molecular flexibility index (Phi) is 2.74. The molecule has 0 amide bonds. The van der Waals surface area contributed by atoms with Gasteiger partial charge in [-0.15, -0.1) is 0 Å². The SMILES string of the molecule is CC(C)[C@H]1COC(c2cc3ccccc3cn2)=N1. The van der Waals surface area contributed by atoms with Gasteiger partial charge in [0.1, 0.15) is 12.3 Å². The van der Waals surface area contributed by atoms with Gasteiger partial charge in [0.25, 0.3) is 0 Å². The van der Waals surface area contributed by atoms with E-state index in [0.717, 1.165) is 11.1 Å². The third-order valence-corrected chi connectivity index (χ3v) is 3.29. The molecule has 0 fully saturated rings. The fourth-order valence-electron chi connectivity index (χ4n) is 2.07. The van der Waals surface area contributed by atoms with Crippen LogP contribution in [0.2, 0.25) is 0 Å². The Hall–Kier alpha value is -1.90. The molecule has 1 aromatic carbocycles. The van der Waals surface area contributed by atoms with E-state index in [1.807, 2.05) is 24.4 Å². The van der Waals surface area contributed by atoms with Crippen LogP contribution in [0.3, 0.4) is 0 Å². The van der Waals surface area contributed by atoms with E-state index < -0.39 is 0 Å². The molecule has 3 nitrogen and oxygen atoms in total. The monoisotopic (exact) mass is 240 g/mol. The lowest BCUT2D eigenvalue weighted by Crippen LogP contribution is -2.13. The molecule has 1 aromatic heterocycles. The van der Waals surface area contributed by atoms with Gasteiger partial charge in [-0.1, -0.05) is 38.1 Å². The quantitative estimate of drug-likeness (QED) is 0.808. The Morgan fingerprint density at radius 3 is 2.72 bits per heavy atom. The number of nitrogens with zero attached hydrogens (tertiary/aromatic N) is 2. The molecular weight excluding hydrogens is 224 g/mol. The van der Waals surface area contributed by atoms with Crippen molar-refractivity contribution in [2.45, 2.75) is 19.9 Å². The van der Waals surface area contributed by atoms with Gasteiger partial charge in [0.15, 0.2) is 0 Å². The molecule has 1 atom stereocenters. The maximum absolute atomic E-state index is 5.65. The van der Waals surface area contributed by atoms with Crippen molar-refractivity contribution in [3.05, 3.63) is 42.2 Å². The molecule has 0 N–H and O–H groups in total. The number of aliphatic imine (C=N–C) groups is 1. The van der Waals surface area contributed by atoms with Gasteiger partial charge >= 0.3 is 0 Å². The summed E-state index contributed by atoms with van der Waals surface area (Å²) >= 11 is 0. The Bertz CT molecular complexity index is 604. The Morgan fingerprint density at radius 1 is 1.22 bits per heavy atom. The molecule has 3 heteroatoms. The molecule has 92 valence electrons. The fourth-order valence-corrected chi connectivity index (χ4v) is 2.07. The largest absolute Gasteiger partial charge is 0.474 e. The minimum Gasteiger partial charge on any atom is -0.474 e. The smallest absolute Gasteiger partial charge is 0.235 e. The third-order valence-electron chi connectivity index (χ3n) is 3.29. The number of hydrogen-bond acceptors (Lipinski definition) is 3. The van der Waals surface area contributed by atoms with Gasteiger partial charge in [-0.25, -0.2) is 4.99 Å². The first kappa shape index (κ1) is 11.2. The predicted molar refractivity (Wildman–Crippen MR) is 72.9 cm³/mol. The maximum atomic E-state index is 5.65. The van der Waals surface area contributed by atoms with Crippen molar-refractivity contribution in [3.8, 4) is 0 Å². The van der Waals surface area contributed by atoms with Gasteiger partial charge in [-0.05, 0) is 17.4 Å². The molecular formula is C15H16N2O. The molecule has 2 heterocycles. The molecule has 0 spiro atoms. The van der Waals surface area contributed by atoms with Crippen LogP contribution in [0.5, 0.6) is 0 Å². The van der Waals surface area contributed by atoms with Crippen molar-refractivity contribution in [3.63, 3.8) is 0 Å². The van der Waals surface area contributed by atoms with Crippen LogP contribution >= 0.6 is 0 Å². The highest BCUT2D eigenvalue weighted by atomic mass is 16.5. The van der Waals surface area contributed by atoms with Crippen molar-refractivity contribution >= 4 is 16.7 Å². The van der Waals surface area contributed by atoms with Crippen LogP contribution in [-0.2, 0) is 4.74 Å². The number of ether oxygens (including phenoxy) is 1. The number of rotatable bonds is 2. The van der Waals surface area contributed by atoms with E-state index >= 15 is 0 Å². The Labute approximate surface area is 107 Å². The minimum atomic E-state index is 0.258. The van der Waals surface area contributed by atoms with Gasteiger partial charge < -0.3 is 4.74 Å². The zero-order valence-corrected chi connectivity index (χ0v) is 10.6. The summed E-state index contributed by atoms with van der Waals surface area (Å²) in [6.07, 6.45) is 1.87. The average molecular weight is 240 g/mol. The van der Waals surface area contributed by atoms with E-state index in [1.54, 1.807) is 0 Å². The zero-order valence-electron chi connectivity index (χ0n) is 10.6. The van der Waals surface area contributed by atoms with Crippen molar-refractivity contribution < 1.29 is 4.74 Å². The van der Waals surface area contributed by atoms with Gasteiger partial charge in [0, 0.05) is 11.6 Å². The lowest BCUT2D eigenvalue weighted by Gasteiger charge is -2.06. The molecule has 1 aliphatic rings. The van der Waals surface area contributed by atoms with Crippen LogP contribution in [0, 0.1) is 5.92 Å². The van der Waals surface area contributed by atoms with Gasteiger partial charge in [-0.2, -0.15) is 0 Å². The van der Waals surface area contributed by atoms with Crippen LogP contribution in [-0.4, -0.2) is 23.5 Å². The first-order valence-corrected chi connectivity index (χ1v) is 6.30. The topological polar surface area (TPSA) is 34.5 Å². The van der Waals surface area contributed by atoms with Crippen LogP contribution in [0.25, 0.3) is 10.8 Å². The Morgan fingerprint density at radius 2 is 2.00 bits per heavy atom. The van der Waals surface area contributed by atoms with Gasteiger partial charge in [0.05, 0.1) is 6.04 Å². The summed E-state index contributed by atoms with van der Waals surface area (Å²) in [6, 6.07) is 10.5. The molecule has 18 heavy (non-hydrogen) atoms. The molecule has 0 unspecified atom stereocenters. The number of pyridine rings is 1. The first-order valence-electron chi connectivity index (χ1n) is 6.30. The van der Waals surface area contributed by atoms with Crippen molar-refractivity contribution in [1.29, 1.82) is 0 Å². The van der Waals surface area contributed by atoms with Crippen LogP contribution in [0.1, 0.15) is 19.5 Å². The van der Waals surface area contributed by atoms with E-state index in [4.69, 9.17) is 4.74 Å². The summed E-state index contributed by atoms with van der Waals surface area (Å²) in [5.74, 6) is 1.18. The molecule has 0 aliphatic carbocycles. The summed E-state index contributed by atoms with van der Waals surface area (Å²) in [5, 5.41) is 2.31. The van der Waals surface area contributed by atoms with E-state index in [2.05, 4.69) is 36.0 Å². The highest BCUT2D eigenvalue weighted by molar-refractivity contribution is 5.97. The second-order valence-electron chi connectivity index (χ2n) is 4.97. The Balaban J connectivity index is 1.98. The number of benzene rings is 1. The molecule has 0 saturated carbocycles. The van der Waals surface area contributed by atoms with Crippen molar-refractivity contribution in [2.75, 3.05) is 6.61 Å². The number of fused-ring (bicyclic) bond motifs is 1. The highest BCUT2D eigenvalue weighted by Crippen LogP contribution is 2.19. The standard InChI is InChI=1S/C15H16N2O/c1-10(2)14-9-18-15(17-14)13-7-11-5-3-4-6-12(11)8-16-13/h3-8,10,14H,9H2,1-2H3/t14-/m1/s1. The molecule has 0 saturated heterocycles. The van der Waals surface area contributed by atoms with E-state index in [1.165, 1.54) is 5.39 Å². The predicted octanol–water partition coefficient (Wildman–Crippen LogP) is 3.04. The first-order chi connectivity index (χ1) is 8.74. The minimum absolute atomic E-state index is 0.258. The lowest BCUT2D eigenvalue weighted by molar-refractivity contribution is 0.291. The van der Waals surface area contributed by atoms with Gasteiger partial charge in [0.2, 0.25) is 5.90 Å². The lowest BCUT2D eigenvalue weighted by atomic mass is 10.1. The maximum Gasteiger partial charge on any atom is 0.235 e. The van der Waals surface area contributed by atoms with E-state index in [9.17, 15) is 0 Å². The van der Waals surface area contributed by atoms with Crippen LogP contribution < -0.4 is 0 Å². The van der Waals surface area contributed by atoms with Gasteiger partial charge in [-0.3, -0.25) is 4.98 Å². The second-order valence-corrected chi connectivity index (χ2v) is 4.97. The second kappa shape index (κ2) is 4.41. The average Bonchev–Trinajstić information content (AvgIpc) is 2.88. The van der Waals surface area contributed by atoms with Crippen molar-refractivity contribution in [1.82, 2.24) is 4.98 Å². The fraction of sp³-hybridized carbons (Fsp3) is 0.333. The van der Waals surface area contributed by atoms with E-state index in [0.29, 0.717) is 18.4 Å². The van der Waals surface area contributed by atoms with Crippen molar-refractivity contribution in [2.24, 2.45) is 10.9 Å². The zero-order chi connectivity index (χ0) is 12.5. The summed E-state index contributed by atoms with van der Waals surface area (Å²) in [6.45, 7) is 4.99. The molecule has 2 aromatic rings. The van der Waals surface area contributed by atoms with Crippen LogP contribution in [0.4, 0.5) is 0 Å². The molecule has 0 bridgehead atoms. The number of aromatic nitrogens is 1. The molecule has 1 aliphatic heterocycles.